The van der Waals surface area contributed by atoms with Crippen molar-refractivity contribution in [2.45, 2.75) is 38.5 Å². The van der Waals surface area contributed by atoms with Crippen molar-refractivity contribution in [1.82, 2.24) is 4.57 Å². The second-order valence-corrected chi connectivity index (χ2v) is 4.49. The third kappa shape index (κ3) is 1.47. The van der Waals surface area contributed by atoms with Gasteiger partial charge in [-0.25, -0.2) is 0 Å². The Balaban J connectivity index is 0.000000853. The predicted octanol–water partition coefficient (Wildman–Crippen LogP) is 2.10. The van der Waals surface area contributed by atoms with Crippen molar-refractivity contribution in [3.05, 3.63) is 27.9 Å². The highest BCUT2D eigenvalue weighted by molar-refractivity contribution is 14.0. The van der Waals surface area contributed by atoms with Crippen LogP contribution in [0.2, 0.25) is 0 Å². The van der Waals surface area contributed by atoms with E-state index in [1.54, 1.807) is 0 Å². The van der Waals surface area contributed by atoms with Crippen molar-refractivity contribution in [3.63, 3.8) is 0 Å². The number of nitrogens with one attached hydrogen (secondary N) is 1. The van der Waals surface area contributed by atoms with Crippen LogP contribution in [0.25, 0.3) is 0 Å². The summed E-state index contributed by atoms with van der Waals surface area (Å²) in [6.07, 6.45) is 7.14. The van der Waals surface area contributed by atoms with Crippen LogP contribution in [0.5, 0.6) is 0 Å². The van der Waals surface area contributed by atoms with Gasteiger partial charge in [0.25, 0.3) is 0 Å². The second-order valence-electron chi connectivity index (χ2n) is 4.49. The van der Waals surface area contributed by atoms with Gasteiger partial charge in [0.15, 0.2) is 0 Å². The minimum atomic E-state index is 0. The summed E-state index contributed by atoms with van der Waals surface area (Å²) < 4.78 is 2.38. The van der Waals surface area contributed by atoms with Crippen molar-refractivity contribution in [3.8, 4) is 0 Å². The van der Waals surface area contributed by atoms with Gasteiger partial charge in [-0.3, -0.25) is 0 Å². The third-order valence-electron chi connectivity index (χ3n) is 3.79. The molecule has 3 rings (SSSR count). The van der Waals surface area contributed by atoms with E-state index in [1.807, 2.05) is 0 Å². The standard InChI is InChI=1S/C12H16N2.HI/c1-14-10-6-2-4-8(10)12(13)9-5-3-7-11(9)14;/h13H,2-7H2,1H3;1H. The van der Waals surface area contributed by atoms with Crippen molar-refractivity contribution >= 4 is 24.0 Å². The molecule has 0 unspecified atom stereocenters. The highest BCUT2D eigenvalue weighted by atomic mass is 127. The van der Waals surface area contributed by atoms with E-state index < -0.39 is 0 Å². The van der Waals surface area contributed by atoms with Gasteiger partial charge in [-0.2, -0.15) is 0 Å². The van der Waals surface area contributed by atoms with Crippen molar-refractivity contribution in [1.29, 1.82) is 5.41 Å². The Kier molecular flexibility index (Phi) is 2.92. The van der Waals surface area contributed by atoms with Gasteiger partial charge in [-0.05, 0) is 49.7 Å². The molecular formula is C12H17IN2. The molecule has 0 amide bonds. The zero-order valence-corrected chi connectivity index (χ0v) is 11.4. The van der Waals surface area contributed by atoms with Crippen LogP contribution in [0.4, 0.5) is 0 Å². The van der Waals surface area contributed by atoms with Crippen LogP contribution in [0.1, 0.15) is 35.4 Å². The summed E-state index contributed by atoms with van der Waals surface area (Å²) in [6, 6.07) is 0. The van der Waals surface area contributed by atoms with E-state index in [1.165, 1.54) is 48.2 Å². The summed E-state index contributed by atoms with van der Waals surface area (Å²) in [5.41, 5.74) is 5.56. The molecule has 0 saturated heterocycles. The van der Waals surface area contributed by atoms with Crippen molar-refractivity contribution < 1.29 is 0 Å². The lowest BCUT2D eigenvalue weighted by Crippen LogP contribution is -2.20. The first-order chi connectivity index (χ1) is 6.79. The number of hydrogen-bond donors (Lipinski definition) is 1. The van der Waals surface area contributed by atoms with Crippen LogP contribution in [-0.4, -0.2) is 4.57 Å². The van der Waals surface area contributed by atoms with Gasteiger partial charge < -0.3 is 9.98 Å². The third-order valence-corrected chi connectivity index (χ3v) is 3.79. The molecule has 0 spiro atoms. The summed E-state index contributed by atoms with van der Waals surface area (Å²) in [4.78, 5) is 0. The first kappa shape index (κ1) is 11.2. The normalized spacial score (nSPS) is 17.1. The molecule has 0 aliphatic heterocycles. The molecule has 0 radical (unpaired) electrons. The lowest BCUT2D eigenvalue weighted by molar-refractivity contribution is 0.749. The van der Waals surface area contributed by atoms with E-state index in [2.05, 4.69) is 11.6 Å². The fourth-order valence-electron chi connectivity index (χ4n) is 3.08. The van der Waals surface area contributed by atoms with Gasteiger partial charge in [0, 0.05) is 18.4 Å². The maximum atomic E-state index is 8.19. The van der Waals surface area contributed by atoms with Crippen LogP contribution in [0.3, 0.4) is 0 Å². The van der Waals surface area contributed by atoms with Gasteiger partial charge in [-0.15, -0.1) is 24.0 Å². The van der Waals surface area contributed by atoms with Crippen LogP contribution in [0, 0.1) is 5.41 Å². The largest absolute Gasteiger partial charge is 0.351 e. The highest BCUT2D eigenvalue weighted by Crippen LogP contribution is 2.25. The Morgan fingerprint density at radius 3 is 1.87 bits per heavy atom. The molecule has 2 aliphatic rings. The number of hydrogen-bond acceptors (Lipinski definition) is 1. The molecule has 1 N–H and O–H groups in total. The van der Waals surface area contributed by atoms with E-state index in [0.717, 1.165) is 18.2 Å². The van der Waals surface area contributed by atoms with E-state index >= 15 is 0 Å². The molecule has 1 heterocycles. The molecule has 1 aromatic rings. The molecule has 3 heteroatoms. The Morgan fingerprint density at radius 1 is 0.933 bits per heavy atom. The molecule has 0 aromatic carbocycles. The van der Waals surface area contributed by atoms with Crippen LogP contribution < -0.4 is 5.36 Å². The number of pyridine rings is 1. The van der Waals surface area contributed by atoms with Crippen molar-refractivity contribution in [2.75, 3.05) is 0 Å². The van der Waals surface area contributed by atoms with Crippen LogP contribution in [0.15, 0.2) is 0 Å². The maximum Gasteiger partial charge on any atom is 0.0638 e. The Morgan fingerprint density at radius 2 is 1.40 bits per heavy atom. The predicted molar refractivity (Wildman–Crippen MR) is 70.7 cm³/mol. The fraction of sp³-hybridized carbons (Fsp3) is 0.583. The number of fused-ring (bicyclic) bond motifs is 2. The van der Waals surface area contributed by atoms with Gasteiger partial charge in [-0.1, -0.05) is 0 Å². The summed E-state index contributed by atoms with van der Waals surface area (Å²) in [5.74, 6) is 0. The van der Waals surface area contributed by atoms with Gasteiger partial charge in [0.1, 0.15) is 0 Å². The molecule has 0 fully saturated rings. The zero-order valence-electron chi connectivity index (χ0n) is 9.10. The first-order valence-electron chi connectivity index (χ1n) is 5.56. The summed E-state index contributed by atoms with van der Waals surface area (Å²) in [6.45, 7) is 0. The minimum Gasteiger partial charge on any atom is -0.351 e. The summed E-state index contributed by atoms with van der Waals surface area (Å²) in [5, 5.41) is 9.07. The second kappa shape index (κ2) is 3.92. The van der Waals surface area contributed by atoms with Gasteiger partial charge in [0.2, 0.25) is 0 Å². The quantitative estimate of drug-likeness (QED) is 0.710. The molecule has 2 nitrogen and oxygen atoms in total. The number of rotatable bonds is 0. The molecule has 2 aliphatic carbocycles. The molecule has 0 bridgehead atoms. The van der Waals surface area contributed by atoms with E-state index in [0.29, 0.717) is 0 Å². The number of halogens is 1. The maximum absolute atomic E-state index is 8.19. The molecular weight excluding hydrogens is 299 g/mol. The minimum absolute atomic E-state index is 0. The van der Waals surface area contributed by atoms with E-state index in [9.17, 15) is 0 Å². The monoisotopic (exact) mass is 316 g/mol. The smallest absolute Gasteiger partial charge is 0.0638 e. The van der Waals surface area contributed by atoms with Crippen molar-refractivity contribution in [2.24, 2.45) is 7.05 Å². The number of aromatic nitrogens is 1. The number of nitrogens with zero attached hydrogens (tertiary/aromatic N) is 1. The van der Waals surface area contributed by atoms with E-state index in [-0.39, 0.29) is 24.0 Å². The molecule has 15 heavy (non-hydrogen) atoms. The molecule has 0 saturated carbocycles. The van der Waals surface area contributed by atoms with E-state index in [4.69, 9.17) is 5.41 Å². The van der Waals surface area contributed by atoms with Crippen LogP contribution in [-0.2, 0) is 32.7 Å². The SMILES string of the molecule is Cn1c2c(c(=N)c3c1CCC3)CCC2.I. The lowest BCUT2D eigenvalue weighted by atomic mass is 10.1. The summed E-state index contributed by atoms with van der Waals surface area (Å²) in [7, 11) is 2.19. The summed E-state index contributed by atoms with van der Waals surface area (Å²) >= 11 is 0. The fourth-order valence-corrected chi connectivity index (χ4v) is 3.08. The average Bonchev–Trinajstić information content (AvgIpc) is 2.82. The zero-order chi connectivity index (χ0) is 9.71. The Bertz CT molecular complexity index is 421. The highest BCUT2D eigenvalue weighted by Gasteiger charge is 2.23. The molecule has 0 atom stereocenters. The van der Waals surface area contributed by atoms with Gasteiger partial charge >= 0.3 is 0 Å². The Labute approximate surface area is 107 Å². The first-order valence-corrected chi connectivity index (χ1v) is 5.56. The lowest BCUT2D eigenvalue weighted by Gasteiger charge is -2.14. The van der Waals surface area contributed by atoms with Gasteiger partial charge in [0.05, 0.1) is 5.36 Å². The Hall–Kier alpha value is -0.320. The topological polar surface area (TPSA) is 28.8 Å². The molecule has 82 valence electrons. The molecule has 1 aromatic heterocycles. The van der Waals surface area contributed by atoms with Crippen LogP contribution >= 0.6 is 24.0 Å². The average molecular weight is 316 g/mol.